The fraction of sp³-hybridized carbons (Fsp3) is 0.111. The smallest absolute Gasteiger partial charge is 0.210 e. The number of benzene rings is 2. The van der Waals surface area contributed by atoms with E-state index in [4.69, 9.17) is 4.98 Å². The van der Waals surface area contributed by atoms with Crippen molar-refractivity contribution in [3.8, 4) is 10.6 Å². The Kier molecular flexibility index (Phi) is 4.85. The second-order valence-corrected chi connectivity index (χ2v) is 7.20. The highest BCUT2D eigenvalue weighted by Crippen LogP contribution is 2.27. The van der Waals surface area contributed by atoms with Crippen LogP contribution >= 0.6 is 23.1 Å². The Labute approximate surface area is 153 Å². The standard InChI is InChI=1S/C18H15N5S2/c1-3-7-14(8-4-1)11-23-18(20-21-22-23)25-13-16-12-24-17(19-16)15-9-5-2-6-10-15/h1-10,12H,11,13H2. The van der Waals surface area contributed by atoms with Gasteiger partial charge in [0.25, 0.3) is 0 Å². The summed E-state index contributed by atoms with van der Waals surface area (Å²) in [4.78, 5) is 4.71. The van der Waals surface area contributed by atoms with Crippen molar-refractivity contribution in [2.45, 2.75) is 17.5 Å². The second kappa shape index (κ2) is 7.58. The molecule has 0 saturated heterocycles. The summed E-state index contributed by atoms with van der Waals surface area (Å²) < 4.78 is 1.82. The molecule has 4 aromatic rings. The highest BCUT2D eigenvalue weighted by Gasteiger charge is 2.10. The molecule has 0 fully saturated rings. The zero-order chi connectivity index (χ0) is 16.9. The van der Waals surface area contributed by atoms with Crippen LogP contribution in [0.15, 0.2) is 71.2 Å². The molecule has 0 unspecified atom stereocenters. The molecule has 0 bridgehead atoms. The minimum absolute atomic E-state index is 0.669. The molecule has 0 N–H and O–H groups in total. The summed E-state index contributed by atoms with van der Waals surface area (Å²) in [5, 5.41) is 16.0. The van der Waals surface area contributed by atoms with Crippen LogP contribution in [0.1, 0.15) is 11.3 Å². The van der Waals surface area contributed by atoms with E-state index < -0.39 is 0 Å². The van der Waals surface area contributed by atoms with E-state index >= 15 is 0 Å². The molecular formula is C18H15N5S2. The third-order valence-electron chi connectivity index (χ3n) is 3.60. The first-order valence-electron chi connectivity index (χ1n) is 7.81. The van der Waals surface area contributed by atoms with Crippen LogP contribution in [-0.2, 0) is 12.3 Å². The van der Waals surface area contributed by atoms with E-state index in [1.807, 2.05) is 41.1 Å². The van der Waals surface area contributed by atoms with Crippen molar-refractivity contribution in [1.82, 2.24) is 25.2 Å². The predicted octanol–water partition coefficient (Wildman–Crippen LogP) is 4.14. The Balaban J connectivity index is 1.43. The number of rotatable bonds is 6. The van der Waals surface area contributed by atoms with Gasteiger partial charge < -0.3 is 0 Å². The molecule has 0 aliphatic carbocycles. The molecule has 2 aromatic heterocycles. The third kappa shape index (κ3) is 3.94. The molecule has 2 aromatic carbocycles. The summed E-state index contributed by atoms with van der Waals surface area (Å²) in [7, 11) is 0. The van der Waals surface area contributed by atoms with E-state index in [-0.39, 0.29) is 0 Å². The molecule has 25 heavy (non-hydrogen) atoms. The summed E-state index contributed by atoms with van der Waals surface area (Å²) >= 11 is 3.27. The maximum absolute atomic E-state index is 4.71. The Hall–Kier alpha value is -2.51. The average molecular weight is 365 g/mol. The second-order valence-electron chi connectivity index (χ2n) is 5.40. The molecule has 0 radical (unpaired) electrons. The zero-order valence-corrected chi connectivity index (χ0v) is 15.0. The fourth-order valence-corrected chi connectivity index (χ4v) is 4.08. The van der Waals surface area contributed by atoms with E-state index in [0.717, 1.165) is 27.2 Å². The van der Waals surface area contributed by atoms with Crippen molar-refractivity contribution in [3.05, 3.63) is 77.3 Å². The molecule has 0 amide bonds. The number of thioether (sulfide) groups is 1. The van der Waals surface area contributed by atoms with Gasteiger partial charge in [0.05, 0.1) is 12.2 Å². The zero-order valence-electron chi connectivity index (χ0n) is 13.3. The van der Waals surface area contributed by atoms with Crippen LogP contribution in [0.5, 0.6) is 0 Å². The molecular weight excluding hydrogens is 350 g/mol. The highest BCUT2D eigenvalue weighted by atomic mass is 32.2. The van der Waals surface area contributed by atoms with E-state index in [9.17, 15) is 0 Å². The molecule has 7 heteroatoms. The van der Waals surface area contributed by atoms with Gasteiger partial charge in [-0.1, -0.05) is 72.4 Å². The highest BCUT2D eigenvalue weighted by molar-refractivity contribution is 7.98. The normalized spacial score (nSPS) is 10.9. The Morgan fingerprint density at radius 2 is 1.72 bits per heavy atom. The van der Waals surface area contributed by atoms with Crippen LogP contribution in [0, 0.1) is 0 Å². The minimum atomic E-state index is 0.669. The lowest BCUT2D eigenvalue weighted by atomic mass is 10.2. The van der Waals surface area contributed by atoms with Crippen LogP contribution in [0.2, 0.25) is 0 Å². The number of thiazole rings is 1. The summed E-state index contributed by atoms with van der Waals surface area (Å²) in [6.07, 6.45) is 0. The molecule has 0 saturated carbocycles. The number of hydrogen-bond donors (Lipinski definition) is 0. The molecule has 2 heterocycles. The van der Waals surface area contributed by atoms with E-state index in [1.54, 1.807) is 23.1 Å². The number of tetrazole rings is 1. The summed E-state index contributed by atoms with van der Waals surface area (Å²) in [6, 6.07) is 20.4. The van der Waals surface area contributed by atoms with Crippen molar-refractivity contribution in [1.29, 1.82) is 0 Å². The van der Waals surface area contributed by atoms with Crippen LogP contribution in [0.4, 0.5) is 0 Å². The summed E-state index contributed by atoms with van der Waals surface area (Å²) in [6.45, 7) is 0.669. The van der Waals surface area contributed by atoms with Crippen LogP contribution in [-0.4, -0.2) is 25.2 Å². The molecule has 124 valence electrons. The SMILES string of the molecule is c1ccc(Cn2nnnc2SCc2csc(-c3ccccc3)n2)cc1. The average Bonchev–Trinajstić information content (AvgIpc) is 3.31. The van der Waals surface area contributed by atoms with Gasteiger partial charge in [0.15, 0.2) is 0 Å². The maximum atomic E-state index is 4.71. The maximum Gasteiger partial charge on any atom is 0.210 e. The van der Waals surface area contributed by atoms with Gasteiger partial charge in [0.2, 0.25) is 5.16 Å². The van der Waals surface area contributed by atoms with E-state index in [2.05, 4.69) is 45.2 Å². The van der Waals surface area contributed by atoms with Gasteiger partial charge in [0.1, 0.15) is 5.01 Å². The van der Waals surface area contributed by atoms with Gasteiger partial charge in [-0.05, 0) is 16.0 Å². The van der Waals surface area contributed by atoms with E-state index in [1.165, 1.54) is 5.56 Å². The minimum Gasteiger partial charge on any atom is -0.240 e. The molecule has 0 aliphatic heterocycles. The van der Waals surface area contributed by atoms with E-state index in [0.29, 0.717) is 6.54 Å². The van der Waals surface area contributed by atoms with Crippen molar-refractivity contribution in [2.24, 2.45) is 0 Å². The molecule has 4 rings (SSSR count). The van der Waals surface area contributed by atoms with Crippen LogP contribution < -0.4 is 0 Å². The number of nitrogens with zero attached hydrogens (tertiary/aromatic N) is 5. The van der Waals surface area contributed by atoms with Crippen molar-refractivity contribution in [2.75, 3.05) is 0 Å². The first-order chi connectivity index (χ1) is 12.4. The third-order valence-corrected chi connectivity index (χ3v) is 5.53. The molecule has 0 aliphatic rings. The number of hydrogen-bond acceptors (Lipinski definition) is 6. The van der Waals surface area contributed by atoms with Gasteiger partial charge in [-0.3, -0.25) is 0 Å². The lowest BCUT2D eigenvalue weighted by Gasteiger charge is -2.03. The number of aromatic nitrogens is 5. The van der Waals surface area contributed by atoms with Crippen molar-refractivity contribution < 1.29 is 0 Å². The first kappa shape index (κ1) is 16.0. The Morgan fingerprint density at radius 1 is 0.960 bits per heavy atom. The largest absolute Gasteiger partial charge is 0.240 e. The quantitative estimate of drug-likeness (QED) is 0.481. The summed E-state index contributed by atoms with van der Waals surface area (Å²) in [5.74, 6) is 0.749. The monoisotopic (exact) mass is 365 g/mol. The molecule has 0 spiro atoms. The van der Waals surface area contributed by atoms with Crippen molar-refractivity contribution in [3.63, 3.8) is 0 Å². The van der Waals surface area contributed by atoms with Crippen LogP contribution in [0.3, 0.4) is 0 Å². The first-order valence-corrected chi connectivity index (χ1v) is 9.68. The van der Waals surface area contributed by atoms with Gasteiger partial charge >= 0.3 is 0 Å². The molecule has 0 atom stereocenters. The van der Waals surface area contributed by atoms with Crippen LogP contribution in [0.25, 0.3) is 10.6 Å². The van der Waals surface area contributed by atoms with Gasteiger partial charge in [-0.15, -0.1) is 16.4 Å². The van der Waals surface area contributed by atoms with Crippen molar-refractivity contribution >= 4 is 23.1 Å². The fourth-order valence-electron chi connectivity index (χ4n) is 2.38. The predicted molar refractivity (Wildman–Crippen MR) is 100 cm³/mol. The Bertz CT molecular complexity index is 934. The van der Waals surface area contributed by atoms with Gasteiger partial charge in [-0.25, -0.2) is 9.67 Å². The summed E-state index contributed by atoms with van der Waals surface area (Å²) in [5.41, 5.74) is 3.37. The Morgan fingerprint density at radius 3 is 2.52 bits per heavy atom. The molecule has 5 nitrogen and oxygen atoms in total. The lowest BCUT2D eigenvalue weighted by molar-refractivity contribution is 0.603. The topological polar surface area (TPSA) is 56.5 Å². The van der Waals surface area contributed by atoms with Gasteiger partial charge in [-0.2, -0.15) is 0 Å². The lowest BCUT2D eigenvalue weighted by Crippen LogP contribution is -2.03. The van der Waals surface area contributed by atoms with Gasteiger partial charge in [0, 0.05) is 16.7 Å².